The summed E-state index contributed by atoms with van der Waals surface area (Å²) < 4.78 is 18.0. The molecule has 2 rings (SSSR count). The second kappa shape index (κ2) is 19.3. The van der Waals surface area contributed by atoms with Gasteiger partial charge in [0.15, 0.2) is 11.5 Å². The summed E-state index contributed by atoms with van der Waals surface area (Å²) in [6.45, 7) is 5.18. The van der Waals surface area contributed by atoms with Crippen molar-refractivity contribution in [2.75, 3.05) is 40.0 Å². The molecule has 0 aromatic heterocycles. The molecule has 41 heavy (non-hydrogen) atoms. The number of aliphatic hydroxyl groups is 3. The van der Waals surface area contributed by atoms with Gasteiger partial charge in [0.1, 0.15) is 12.2 Å². The summed E-state index contributed by atoms with van der Waals surface area (Å²) in [7, 11) is 1.49. The molecule has 0 spiro atoms. The number of nitrogens with zero attached hydrogens (tertiary/aromatic N) is 1. The van der Waals surface area contributed by atoms with E-state index in [0.717, 1.165) is 32.1 Å². The van der Waals surface area contributed by atoms with Crippen LogP contribution in [-0.4, -0.2) is 90.3 Å². The highest BCUT2D eigenvalue weighted by molar-refractivity contribution is 14.1. The van der Waals surface area contributed by atoms with Gasteiger partial charge in [-0.3, -0.25) is 9.59 Å². The molecule has 3 atom stereocenters. The predicted molar refractivity (Wildman–Crippen MR) is 165 cm³/mol. The fraction of sp³-hybridized carbons (Fsp3) is 0.667. The molecule has 1 aliphatic carbocycles. The van der Waals surface area contributed by atoms with Crippen molar-refractivity contribution in [3.63, 3.8) is 0 Å². The number of carbonyl (C=O) groups excluding carboxylic acids is 2. The van der Waals surface area contributed by atoms with E-state index < -0.39 is 18.2 Å². The van der Waals surface area contributed by atoms with Gasteiger partial charge in [-0.05, 0) is 66.1 Å². The first-order chi connectivity index (χ1) is 19.8. The third-order valence-corrected chi connectivity index (χ3v) is 7.85. The Morgan fingerprint density at radius 1 is 1.12 bits per heavy atom. The largest absolute Gasteiger partial charge is 0.493 e. The van der Waals surface area contributed by atoms with Crippen LogP contribution in [0.25, 0.3) is 0 Å². The second-order valence-corrected chi connectivity index (χ2v) is 11.2. The van der Waals surface area contributed by atoms with E-state index in [9.17, 15) is 24.9 Å². The summed E-state index contributed by atoms with van der Waals surface area (Å²) in [4.78, 5) is 28.3. The standard InChI is InChI=1S/C30H47IN2O8/c1-4-6-7-8-9-11-27(36)33(13-10-15-40-5-2)24-18-22(30(38)32-12-14-34)19-25(28(24)37)41-29-23(31)16-21(20-35)17-26(29)39-3/h16-17,19,24-25,28,34-35,37H,4-15,18,20H2,1-3H3,(H,32,38)/t24-,25+,28+/m1/s1. The van der Waals surface area contributed by atoms with Crippen LogP contribution < -0.4 is 14.8 Å². The monoisotopic (exact) mass is 690 g/mol. The minimum Gasteiger partial charge on any atom is -0.493 e. The van der Waals surface area contributed by atoms with Crippen LogP contribution in [0, 0.1) is 3.57 Å². The van der Waals surface area contributed by atoms with Crippen LogP contribution >= 0.6 is 22.6 Å². The van der Waals surface area contributed by atoms with E-state index in [1.807, 2.05) is 6.92 Å². The smallest absolute Gasteiger partial charge is 0.247 e. The second-order valence-electron chi connectivity index (χ2n) is 10.1. The zero-order chi connectivity index (χ0) is 30.2. The molecule has 0 bridgehead atoms. The van der Waals surface area contributed by atoms with Gasteiger partial charge in [0, 0.05) is 44.7 Å². The molecular formula is C30H47IN2O8. The number of ether oxygens (including phenoxy) is 3. The quantitative estimate of drug-likeness (QED) is 0.128. The third-order valence-electron chi connectivity index (χ3n) is 7.05. The lowest BCUT2D eigenvalue weighted by Gasteiger charge is -2.41. The van der Waals surface area contributed by atoms with Gasteiger partial charge >= 0.3 is 0 Å². The lowest BCUT2D eigenvalue weighted by atomic mass is 9.87. The minimum atomic E-state index is -1.13. The maximum absolute atomic E-state index is 13.6. The highest BCUT2D eigenvalue weighted by Gasteiger charge is 2.40. The summed E-state index contributed by atoms with van der Waals surface area (Å²) >= 11 is 2.07. The van der Waals surface area contributed by atoms with Crippen LogP contribution in [0.4, 0.5) is 0 Å². The van der Waals surface area contributed by atoms with Crippen molar-refractivity contribution in [1.82, 2.24) is 10.2 Å². The molecular weight excluding hydrogens is 643 g/mol. The topological polar surface area (TPSA) is 138 Å². The van der Waals surface area contributed by atoms with Crippen molar-refractivity contribution in [2.24, 2.45) is 0 Å². The maximum atomic E-state index is 13.6. The molecule has 0 radical (unpaired) electrons. The molecule has 1 aliphatic rings. The molecule has 0 heterocycles. The molecule has 0 aliphatic heterocycles. The number of aliphatic hydroxyl groups excluding tert-OH is 3. The number of hydrogen-bond acceptors (Lipinski definition) is 8. The number of unbranched alkanes of at least 4 members (excludes halogenated alkanes) is 4. The van der Waals surface area contributed by atoms with Gasteiger partial charge in [-0.15, -0.1) is 0 Å². The van der Waals surface area contributed by atoms with Gasteiger partial charge in [-0.2, -0.15) is 0 Å². The van der Waals surface area contributed by atoms with Crippen molar-refractivity contribution in [3.05, 3.63) is 32.9 Å². The van der Waals surface area contributed by atoms with E-state index in [4.69, 9.17) is 14.2 Å². The normalized spacial score (nSPS) is 18.5. The molecule has 0 unspecified atom stereocenters. The molecule has 0 saturated heterocycles. The van der Waals surface area contributed by atoms with Crippen LogP contribution in [0.1, 0.15) is 70.8 Å². The Morgan fingerprint density at radius 2 is 1.88 bits per heavy atom. The third kappa shape index (κ3) is 11.0. The number of halogens is 1. The minimum absolute atomic E-state index is 0.0720. The SMILES string of the molecule is CCCCCCCC(=O)N(CCCOCC)[C@@H]1CC(C(=O)NCCO)=C[C@H](Oc2c(I)cc(CO)cc2OC)[C@H]1O. The predicted octanol–water partition coefficient (Wildman–Crippen LogP) is 3.32. The first kappa shape index (κ1) is 35.3. The van der Waals surface area contributed by atoms with E-state index >= 15 is 0 Å². The van der Waals surface area contributed by atoms with Crippen LogP contribution in [0.15, 0.2) is 23.8 Å². The van der Waals surface area contributed by atoms with Crippen LogP contribution in [0.5, 0.6) is 11.5 Å². The Balaban J connectivity index is 2.40. The van der Waals surface area contributed by atoms with E-state index in [0.29, 0.717) is 58.8 Å². The Labute approximate surface area is 257 Å². The Morgan fingerprint density at radius 3 is 2.54 bits per heavy atom. The molecule has 0 fully saturated rings. The first-order valence-electron chi connectivity index (χ1n) is 14.6. The number of methoxy groups -OCH3 is 1. The zero-order valence-electron chi connectivity index (χ0n) is 24.6. The number of benzene rings is 1. The van der Waals surface area contributed by atoms with Crippen LogP contribution in [-0.2, 0) is 20.9 Å². The Bertz CT molecular complexity index is 989. The van der Waals surface area contributed by atoms with Crippen molar-refractivity contribution >= 4 is 34.4 Å². The molecule has 0 saturated carbocycles. The molecule has 1 aromatic rings. The average Bonchev–Trinajstić information content (AvgIpc) is 2.97. The fourth-order valence-electron chi connectivity index (χ4n) is 4.87. The molecule has 4 N–H and O–H groups in total. The highest BCUT2D eigenvalue weighted by atomic mass is 127. The van der Waals surface area contributed by atoms with Crippen molar-refractivity contribution < 1.29 is 39.1 Å². The van der Waals surface area contributed by atoms with E-state index in [1.165, 1.54) is 7.11 Å². The van der Waals surface area contributed by atoms with Crippen molar-refractivity contribution in [2.45, 2.75) is 90.1 Å². The highest BCUT2D eigenvalue weighted by Crippen LogP contribution is 2.37. The maximum Gasteiger partial charge on any atom is 0.247 e. The first-order valence-corrected chi connectivity index (χ1v) is 15.7. The van der Waals surface area contributed by atoms with Gasteiger partial charge in [0.2, 0.25) is 11.8 Å². The Kier molecular flexibility index (Phi) is 16.6. The Hall–Kier alpha value is -1.93. The van der Waals surface area contributed by atoms with Gasteiger partial charge in [0.05, 0.1) is 29.9 Å². The lowest BCUT2D eigenvalue weighted by Crippen LogP contribution is -2.55. The summed E-state index contributed by atoms with van der Waals surface area (Å²) in [6, 6.07) is 2.71. The molecule has 2 amide bonds. The number of amides is 2. The summed E-state index contributed by atoms with van der Waals surface area (Å²) in [5, 5.41) is 33.1. The molecule has 10 nitrogen and oxygen atoms in total. The summed E-state index contributed by atoms with van der Waals surface area (Å²) in [5.74, 6) is 0.290. The average molecular weight is 691 g/mol. The number of rotatable bonds is 19. The number of hydrogen-bond donors (Lipinski definition) is 4. The number of carbonyl (C=O) groups is 2. The molecule has 232 valence electrons. The summed E-state index contributed by atoms with van der Waals surface area (Å²) in [5.41, 5.74) is 1.01. The molecule has 11 heteroatoms. The van der Waals surface area contributed by atoms with Crippen LogP contribution in [0.3, 0.4) is 0 Å². The van der Waals surface area contributed by atoms with Crippen molar-refractivity contribution in [1.29, 1.82) is 0 Å². The van der Waals surface area contributed by atoms with E-state index in [-0.39, 0.29) is 38.0 Å². The summed E-state index contributed by atoms with van der Waals surface area (Å²) in [6.07, 6.45) is 5.63. The zero-order valence-corrected chi connectivity index (χ0v) is 26.7. The fourth-order valence-corrected chi connectivity index (χ4v) is 5.67. The lowest BCUT2D eigenvalue weighted by molar-refractivity contribution is -0.139. The van der Waals surface area contributed by atoms with Gasteiger partial charge in [-0.25, -0.2) is 0 Å². The van der Waals surface area contributed by atoms with Crippen LogP contribution in [0.2, 0.25) is 0 Å². The number of nitrogens with one attached hydrogen (secondary N) is 1. The van der Waals surface area contributed by atoms with E-state index in [1.54, 1.807) is 23.1 Å². The van der Waals surface area contributed by atoms with Gasteiger partial charge in [0.25, 0.3) is 0 Å². The van der Waals surface area contributed by atoms with Gasteiger partial charge in [-0.1, -0.05) is 32.6 Å². The molecule has 1 aromatic carbocycles. The van der Waals surface area contributed by atoms with E-state index in [2.05, 4.69) is 34.8 Å². The van der Waals surface area contributed by atoms with Gasteiger partial charge < -0.3 is 39.7 Å². The van der Waals surface area contributed by atoms with Crippen molar-refractivity contribution in [3.8, 4) is 11.5 Å².